The van der Waals surface area contributed by atoms with E-state index in [2.05, 4.69) is 34.1 Å². The summed E-state index contributed by atoms with van der Waals surface area (Å²) in [4.78, 5) is 37.6. The van der Waals surface area contributed by atoms with E-state index in [1.165, 1.54) is 10.9 Å². The average molecular weight is 403 g/mol. The Balaban J connectivity index is 1.48. The van der Waals surface area contributed by atoms with E-state index in [0.717, 1.165) is 23.3 Å². The Morgan fingerprint density at radius 2 is 1.83 bits per heavy atom. The molecule has 7 heteroatoms. The third kappa shape index (κ3) is 4.25. The highest BCUT2D eigenvalue weighted by Gasteiger charge is 2.20. The second-order valence-corrected chi connectivity index (χ2v) is 7.90. The first-order valence-corrected chi connectivity index (χ1v) is 10.2. The molecule has 154 valence electrons. The van der Waals surface area contributed by atoms with Crippen molar-refractivity contribution in [3.63, 3.8) is 0 Å². The Hall–Kier alpha value is -3.48. The summed E-state index contributed by atoms with van der Waals surface area (Å²) in [5.74, 6) is 1.01. The molecule has 2 aromatic carbocycles. The SMILES string of the molecule is CC(C)CC(NC(=O)CCn1cnc2ccccc2c1=O)c1nc2ccccc2[nH]1. The van der Waals surface area contributed by atoms with Crippen molar-refractivity contribution in [2.45, 2.75) is 39.3 Å². The molecule has 0 saturated carbocycles. The zero-order valence-electron chi connectivity index (χ0n) is 17.1. The molecule has 0 bridgehead atoms. The lowest BCUT2D eigenvalue weighted by Gasteiger charge is -2.19. The van der Waals surface area contributed by atoms with Gasteiger partial charge < -0.3 is 10.3 Å². The number of imidazole rings is 1. The predicted octanol–water partition coefficient (Wildman–Crippen LogP) is 3.57. The molecular weight excluding hydrogens is 378 g/mol. The van der Waals surface area contributed by atoms with E-state index in [0.29, 0.717) is 16.8 Å². The van der Waals surface area contributed by atoms with Gasteiger partial charge in [0.25, 0.3) is 5.56 Å². The van der Waals surface area contributed by atoms with Gasteiger partial charge in [-0.1, -0.05) is 38.1 Å². The van der Waals surface area contributed by atoms with E-state index >= 15 is 0 Å². The van der Waals surface area contributed by atoms with Crippen molar-refractivity contribution in [3.8, 4) is 0 Å². The van der Waals surface area contributed by atoms with Gasteiger partial charge in [-0.25, -0.2) is 9.97 Å². The van der Waals surface area contributed by atoms with Crippen LogP contribution >= 0.6 is 0 Å². The smallest absolute Gasteiger partial charge is 0.261 e. The average Bonchev–Trinajstić information content (AvgIpc) is 3.17. The number of H-pyrrole nitrogens is 1. The van der Waals surface area contributed by atoms with E-state index < -0.39 is 0 Å². The van der Waals surface area contributed by atoms with Crippen LogP contribution in [0.5, 0.6) is 0 Å². The van der Waals surface area contributed by atoms with E-state index in [-0.39, 0.29) is 30.5 Å². The number of aryl methyl sites for hydroxylation is 1. The molecule has 2 heterocycles. The quantitative estimate of drug-likeness (QED) is 0.493. The first kappa shape index (κ1) is 19.8. The van der Waals surface area contributed by atoms with Gasteiger partial charge >= 0.3 is 0 Å². The number of amides is 1. The van der Waals surface area contributed by atoms with Crippen LogP contribution in [-0.4, -0.2) is 25.4 Å². The maximum atomic E-state index is 12.7. The molecule has 0 aliphatic rings. The Kier molecular flexibility index (Phi) is 5.61. The van der Waals surface area contributed by atoms with Gasteiger partial charge in [0.05, 0.1) is 34.3 Å². The van der Waals surface area contributed by atoms with Crippen LogP contribution in [0.3, 0.4) is 0 Å². The summed E-state index contributed by atoms with van der Waals surface area (Å²) in [7, 11) is 0. The highest BCUT2D eigenvalue weighted by Crippen LogP contribution is 2.22. The molecular formula is C23H25N5O2. The van der Waals surface area contributed by atoms with Gasteiger partial charge in [-0.2, -0.15) is 0 Å². The number of aromatic nitrogens is 4. The Morgan fingerprint density at radius 3 is 2.60 bits per heavy atom. The lowest BCUT2D eigenvalue weighted by molar-refractivity contribution is -0.122. The van der Waals surface area contributed by atoms with Gasteiger partial charge in [0, 0.05) is 13.0 Å². The van der Waals surface area contributed by atoms with Gasteiger partial charge in [-0.3, -0.25) is 14.2 Å². The highest BCUT2D eigenvalue weighted by molar-refractivity contribution is 5.78. The minimum Gasteiger partial charge on any atom is -0.346 e. The minimum atomic E-state index is -0.212. The molecule has 0 fully saturated rings. The second-order valence-electron chi connectivity index (χ2n) is 7.90. The standard InChI is InChI=1S/C23H25N5O2/c1-15(2)13-20(22-26-18-9-5-6-10-19(18)27-22)25-21(29)11-12-28-14-24-17-8-4-3-7-16(17)23(28)30/h3-10,14-15,20H,11-13H2,1-2H3,(H,25,29)(H,26,27). The lowest BCUT2D eigenvalue weighted by Crippen LogP contribution is -2.32. The third-order valence-corrected chi connectivity index (χ3v) is 5.09. The van der Waals surface area contributed by atoms with E-state index in [9.17, 15) is 9.59 Å². The number of aromatic amines is 1. The number of para-hydroxylation sites is 3. The Morgan fingerprint density at radius 1 is 1.10 bits per heavy atom. The zero-order valence-corrected chi connectivity index (χ0v) is 17.1. The monoisotopic (exact) mass is 403 g/mol. The summed E-state index contributed by atoms with van der Waals surface area (Å²) >= 11 is 0. The van der Waals surface area contributed by atoms with Crippen molar-refractivity contribution in [2.24, 2.45) is 5.92 Å². The molecule has 2 aromatic heterocycles. The number of nitrogens with zero attached hydrogens (tertiary/aromatic N) is 3. The molecule has 30 heavy (non-hydrogen) atoms. The topological polar surface area (TPSA) is 92.7 Å². The maximum absolute atomic E-state index is 12.7. The molecule has 0 aliphatic heterocycles. The van der Waals surface area contributed by atoms with Gasteiger partial charge in [-0.05, 0) is 36.6 Å². The van der Waals surface area contributed by atoms with E-state index in [1.807, 2.05) is 36.4 Å². The molecule has 2 N–H and O–H groups in total. The van der Waals surface area contributed by atoms with Crippen LogP contribution in [0.4, 0.5) is 0 Å². The van der Waals surface area contributed by atoms with Crippen LogP contribution < -0.4 is 10.9 Å². The number of fused-ring (bicyclic) bond motifs is 2. The van der Waals surface area contributed by atoms with Crippen LogP contribution in [0.15, 0.2) is 59.7 Å². The number of nitrogens with one attached hydrogen (secondary N) is 2. The third-order valence-electron chi connectivity index (χ3n) is 5.09. The number of carbonyl (C=O) groups is 1. The number of benzene rings is 2. The molecule has 1 unspecified atom stereocenters. The van der Waals surface area contributed by atoms with E-state index in [1.54, 1.807) is 12.1 Å². The lowest BCUT2D eigenvalue weighted by atomic mass is 10.0. The van der Waals surface area contributed by atoms with Crippen molar-refractivity contribution >= 4 is 27.8 Å². The summed E-state index contributed by atoms with van der Waals surface area (Å²) < 4.78 is 1.49. The molecule has 1 amide bonds. The fraction of sp³-hybridized carbons (Fsp3) is 0.304. The summed E-state index contributed by atoms with van der Waals surface area (Å²) in [6.45, 7) is 4.50. The molecule has 4 aromatic rings. The van der Waals surface area contributed by atoms with Gasteiger partial charge in [0.2, 0.25) is 5.91 Å². The largest absolute Gasteiger partial charge is 0.346 e. The zero-order chi connectivity index (χ0) is 21.1. The van der Waals surface area contributed by atoms with Crippen LogP contribution in [-0.2, 0) is 11.3 Å². The molecule has 7 nitrogen and oxygen atoms in total. The summed E-state index contributed by atoms with van der Waals surface area (Å²) in [6.07, 6.45) is 2.46. The van der Waals surface area contributed by atoms with Crippen molar-refractivity contribution in [3.05, 3.63) is 71.0 Å². The number of rotatable bonds is 7. The second kappa shape index (κ2) is 8.49. The van der Waals surface area contributed by atoms with Crippen LogP contribution in [0.2, 0.25) is 0 Å². The summed E-state index contributed by atoms with van der Waals surface area (Å²) in [6, 6.07) is 14.8. The van der Waals surface area contributed by atoms with Crippen molar-refractivity contribution in [1.82, 2.24) is 24.8 Å². The number of hydrogen-bond donors (Lipinski definition) is 2. The summed E-state index contributed by atoms with van der Waals surface area (Å²) in [5.41, 5.74) is 2.35. The highest BCUT2D eigenvalue weighted by atomic mass is 16.2. The first-order chi connectivity index (χ1) is 14.5. The Bertz CT molecular complexity index is 1210. The number of hydrogen-bond acceptors (Lipinski definition) is 4. The van der Waals surface area contributed by atoms with Crippen molar-refractivity contribution in [2.75, 3.05) is 0 Å². The van der Waals surface area contributed by atoms with Gasteiger partial charge in [0.15, 0.2) is 0 Å². The fourth-order valence-electron chi connectivity index (χ4n) is 3.60. The molecule has 1 atom stereocenters. The summed E-state index contributed by atoms with van der Waals surface area (Å²) in [5, 5.41) is 3.64. The fourth-order valence-corrected chi connectivity index (χ4v) is 3.60. The van der Waals surface area contributed by atoms with Gasteiger partial charge in [0.1, 0.15) is 5.82 Å². The maximum Gasteiger partial charge on any atom is 0.261 e. The molecule has 0 aliphatic carbocycles. The molecule has 0 saturated heterocycles. The minimum absolute atomic E-state index is 0.124. The van der Waals surface area contributed by atoms with Crippen LogP contribution in [0.1, 0.15) is 38.6 Å². The van der Waals surface area contributed by atoms with Gasteiger partial charge in [-0.15, -0.1) is 0 Å². The number of carbonyl (C=O) groups excluding carboxylic acids is 1. The van der Waals surface area contributed by atoms with Crippen LogP contribution in [0.25, 0.3) is 21.9 Å². The van der Waals surface area contributed by atoms with Crippen molar-refractivity contribution < 1.29 is 4.79 Å². The van der Waals surface area contributed by atoms with E-state index in [4.69, 9.17) is 0 Å². The molecule has 4 rings (SSSR count). The van der Waals surface area contributed by atoms with Crippen LogP contribution in [0, 0.1) is 5.92 Å². The van der Waals surface area contributed by atoms with Crippen molar-refractivity contribution in [1.29, 1.82) is 0 Å². The Labute approximate surface area is 174 Å². The normalized spacial score (nSPS) is 12.5. The first-order valence-electron chi connectivity index (χ1n) is 10.2. The molecule has 0 spiro atoms. The predicted molar refractivity (Wildman–Crippen MR) is 117 cm³/mol. The molecule has 0 radical (unpaired) electrons.